The van der Waals surface area contributed by atoms with Crippen molar-refractivity contribution in [3.8, 4) is 0 Å². The normalized spacial score (nSPS) is 7.27. The average molecular weight is 158 g/mol. The van der Waals surface area contributed by atoms with E-state index in [0.717, 1.165) is 5.57 Å². The molecule has 0 amide bonds. The molecule has 0 aliphatic rings. The molecular weight excluding hydrogens is 144 g/mol. The van der Waals surface area contributed by atoms with Crippen molar-refractivity contribution in [3.05, 3.63) is 11.6 Å². The molecule has 0 aromatic carbocycles. The highest BCUT2D eigenvalue weighted by Crippen LogP contribution is 1.85. The summed E-state index contributed by atoms with van der Waals surface area (Å²) in [7, 11) is 0. The first-order valence-corrected chi connectivity index (χ1v) is 3.21. The number of carboxylic acid groups (broad SMARTS) is 1. The van der Waals surface area contributed by atoms with E-state index < -0.39 is 5.97 Å². The molecule has 0 radical (unpaired) electrons. The summed E-state index contributed by atoms with van der Waals surface area (Å²) in [5.41, 5.74) is 0.813. The first kappa shape index (κ1) is 12.5. The molecule has 11 heavy (non-hydrogen) atoms. The van der Waals surface area contributed by atoms with Gasteiger partial charge in [-0.3, -0.25) is 0 Å². The number of carbonyl (C=O) groups is 2. The SMILES string of the molecule is CC(C)=CC(=O)O.CC(C)=O. The van der Waals surface area contributed by atoms with Gasteiger partial charge in [0, 0.05) is 6.08 Å². The summed E-state index contributed by atoms with van der Waals surface area (Å²) in [5.74, 6) is -0.708. The summed E-state index contributed by atoms with van der Waals surface area (Å²) in [6.45, 7) is 6.54. The van der Waals surface area contributed by atoms with E-state index in [1.165, 1.54) is 19.9 Å². The van der Waals surface area contributed by atoms with Crippen molar-refractivity contribution < 1.29 is 14.7 Å². The minimum atomic E-state index is -0.875. The van der Waals surface area contributed by atoms with Crippen molar-refractivity contribution in [2.24, 2.45) is 0 Å². The Morgan fingerprint density at radius 2 is 1.36 bits per heavy atom. The molecule has 3 heteroatoms. The molecule has 0 saturated carbocycles. The summed E-state index contributed by atoms with van der Waals surface area (Å²) in [6, 6.07) is 0. The van der Waals surface area contributed by atoms with Gasteiger partial charge in [-0.25, -0.2) is 4.79 Å². The number of ketones is 1. The van der Waals surface area contributed by atoms with Crippen LogP contribution in [-0.2, 0) is 9.59 Å². The number of rotatable bonds is 1. The fourth-order valence-corrected chi connectivity index (χ4v) is 0.247. The van der Waals surface area contributed by atoms with Crippen LogP contribution in [0.2, 0.25) is 0 Å². The highest BCUT2D eigenvalue weighted by molar-refractivity contribution is 5.80. The smallest absolute Gasteiger partial charge is 0.328 e. The Balaban J connectivity index is 0. The predicted octanol–water partition coefficient (Wildman–Crippen LogP) is 1.63. The van der Waals surface area contributed by atoms with Crippen molar-refractivity contribution >= 4 is 11.8 Å². The average Bonchev–Trinajstić information content (AvgIpc) is 1.56. The van der Waals surface area contributed by atoms with E-state index >= 15 is 0 Å². The van der Waals surface area contributed by atoms with E-state index in [9.17, 15) is 9.59 Å². The monoisotopic (exact) mass is 158 g/mol. The largest absolute Gasteiger partial charge is 0.478 e. The van der Waals surface area contributed by atoms with Crippen LogP contribution in [0.4, 0.5) is 0 Å². The van der Waals surface area contributed by atoms with Gasteiger partial charge in [0.05, 0.1) is 0 Å². The van der Waals surface area contributed by atoms with E-state index in [4.69, 9.17) is 5.11 Å². The summed E-state index contributed by atoms with van der Waals surface area (Å²) >= 11 is 0. The van der Waals surface area contributed by atoms with Crippen LogP contribution in [-0.4, -0.2) is 16.9 Å². The van der Waals surface area contributed by atoms with Gasteiger partial charge in [0.1, 0.15) is 5.78 Å². The van der Waals surface area contributed by atoms with Gasteiger partial charge >= 0.3 is 5.97 Å². The van der Waals surface area contributed by atoms with Crippen molar-refractivity contribution in [1.82, 2.24) is 0 Å². The Labute approximate surface area is 66.7 Å². The topological polar surface area (TPSA) is 54.4 Å². The highest BCUT2D eigenvalue weighted by Gasteiger charge is 1.83. The standard InChI is InChI=1S/C5H8O2.C3H6O/c1-4(2)3-5(6)7;1-3(2)4/h3H,1-2H3,(H,6,7);1-2H3. The summed E-state index contributed by atoms with van der Waals surface area (Å²) < 4.78 is 0. The Morgan fingerprint density at radius 3 is 1.36 bits per heavy atom. The lowest BCUT2D eigenvalue weighted by atomic mass is 10.3. The van der Waals surface area contributed by atoms with E-state index in [-0.39, 0.29) is 5.78 Å². The van der Waals surface area contributed by atoms with Gasteiger partial charge < -0.3 is 9.90 Å². The van der Waals surface area contributed by atoms with Crippen LogP contribution in [0, 0.1) is 0 Å². The molecule has 0 aromatic rings. The highest BCUT2D eigenvalue weighted by atomic mass is 16.4. The molecule has 0 saturated heterocycles. The number of hydrogen-bond donors (Lipinski definition) is 1. The van der Waals surface area contributed by atoms with Gasteiger partial charge in [0.15, 0.2) is 0 Å². The minimum Gasteiger partial charge on any atom is -0.478 e. The summed E-state index contributed by atoms with van der Waals surface area (Å²) in [4.78, 5) is 19.2. The second-order valence-corrected chi connectivity index (χ2v) is 2.47. The lowest BCUT2D eigenvalue weighted by Crippen LogP contribution is -1.86. The second kappa shape index (κ2) is 6.99. The van der Waals surface area contributed by atoms with Crippen LogP contribution < -0.4 is 0 Å². The first-order valence-electron chi connectivity index (χ1n) is 3.21. The molecule has 0 aromatic heterocycles. The number of hydrogen-bond acceptors (Lipinski definition) is 2. The molecule has 0 unspecified atom stereocenters. The number of aliphatic carboxylic acids is 1. The molecule has 0 rings (SSSR count). The molecular formula is C8H14O3. The minimum absolute atomic E-state index is 0.167. The van der Waals surface area contributed by atoms with Gasteiger partial charge in [-0.15, -0.1) is 0 Å². The molecule has 0 aliphatic heterocycles. The molecule has 0 spiro atoms. The van der Waals surface area contributed by atoms with Gasteiger partial charge in [0.2, 0.25) is 0 Å². The molecule has 1 N–H and O–H groups in total. The van der Waals surface area contributed by atoms with Crippen LogP contribution in [0.1, 0.15) is 27.7 Å². The van der Waals surface area contributed by atoms with Crippen molar-refractivity contribution in [3.63, 3.8) is 0 Å². The fourth-order valence-electron chi connectivity index (χ4n) is 0.247. The zero-order chi connectivity index (χ0) is 9.44. The van der Waals surface area contributed by atoms with Gasteiger partial charge in [0.25, 0.3) is 0 Å². The zero-order valence-corrected chi connectivity index (χ0v) is 7.34. The van der Waals surface area contributed by atoms with Crippen LogP contribution >= 0.6 is 0 Å². The van der Waals surface area contributed by atoms with Gasteiger partial charge in [-0.2, -0.15) is 0 Å². The first-order chi connectivity index (χ1) is 4.86. The van der Waals surface area contributed by atoms with Crippen molar-refractivity contribution in [1.29, 1.82) is 0 Å². The van der Waals surface area contributed by atoms with Crippen LogP contribution in [0.3, 0.4) is 0 Å². The number of carbonyl (C=O) groups excluding carboxylic acids is 1. The molecule has 0 aliphatic carbocycles. The van der Waals surface area contributed by atoms with Gasteiger partial charge in [-0.05, 0) is 27.7 Å². The summed E-state index contributed by atoms with van der Waals surface area (Å²) in [5, 5.41) is 8.01. The van der Waals surface area contributed by atoms with E-state index in [0.29, 0.717) is 0 Å². The third-order valence-electron chi connectivity index (χ3n) is 0.412. The van der Waals surface area contributed by atoms with Gasteiger partial charge in [-0.1, -0.05) is 5.57 Å². The third-order valence-corrected chi connectivity index (χ3v) is 0.412. The number of allylic oxidation sites excluding steroid dienone is 1. The lowest BCUT2D eigenvalue weighted by Gasteiger charge is -1.79. The fraction of sp³-hybridized carbons (Fsp3) is 0.500. The molecule has 0 bridgehead atoms. The van der Waals surface area contributed by atoms with Crippen molar-refractivity contribution in [2.45, 2.75) is 27.7 Å². The second-order valence-electron chi connectivity index (χ2n) is 2.47. The van der Waals surface area contributed by atoms with E-state index in [1.54, 1.807) is 13.8 Å². The maximum absolute atomic E-state index is 9.73. The summed E-state index contributed by atoms with van der Waals surface area (Å²) in [6.07, 6.45) is 1.17. The van der Waals surface area contributed by atoms with Crippen molar-refractivity contribution in [2.75, 3.05) is 0 Å². The van der Waals surface area contributed by atoms with Crippen LogP contribution in [0.25, 0.3) is 0 Å². The Morgan fingerprint density at radius 1 is 1.09 bits per heavy atom. The quantitative estimate of drug-likeness (QED) is 0.590. The lowest BCUT2D eigenvalue weighted by molar-refractivity contribution is -0.131. The Bertz CT molecular complexity index is 160. The Kier molecular flexibility index (Phi) is 7.98. The Hall–Kier alpha value is -1.12. The predicted molar refractivity (Wildman–Crippen MR) is 43.4 cm³/mol. The van der Waals surface area contributed by atoms with E-state index in [1.807, 2.05) is 0 Å². The third kappa shape index (κ3) is 50.7. The van der Waals surface area contributed by atoms with Crippen LogP contribution in [0.5, 0.6) is 0 Å². The maximum Gasteiger partial charge on any atom is 0.328 e. The molecule has 3 nitrogen and oxygen atoms in total. The van der Waals surface area contributed by atoms with E-state index in [2.05, 4.69) is 0 Å². The molecule has 64 valence electrons. The molecule has 0 fully saturated rings. The number of Topliss-reactive ketones (excluding diaryl/α,β-unsaturated/α-hetero) is 1. The molecule has 0 heterocycles. The molecule has 0 atom stereocenters. The zero-order valence-electron chi connectivity index (χ0n) is 7.34. The maximum atomic E-state index is 9.73. The number of carboxylic acids is 1. The van der Waals surface area contributed by atoms with Crippen LogP contribution in [0.15, 0.2) is 11.6 Å².